The summed E-state index contributed by atoms with van der Waals surface area (Å²) in [6, 6.07) is 2.48. The Kier molecular flexibility index (Phi) is 4.33. The molecule has 0 saturated heterocycles. The van der Waals surface area contributed by atoms with E-state index in [2.05, 4.69) is 12.6 Å². The number of aliphatic hydroxyl groups excluding tert-OH is 2. The van der Waals surface area contributed by atoms with Crippen molar-refractivity contribution in [3.8, 4) is 0 Å². The molecule has 1 aromatic rings. The van der Waals surface area contributed by atoms with E-state index in [1.807, 2.05) is 0 Å². The molecule has 0 radical (unpaired) electrons. The normalized spacial score (nSPS) is 14.4. The van der Waals surface area contributed by atoms with Crippen LogP contribution in [0, 0.1) is 17.0 Å². The minimum Gasteiger partial charge on any atom is -0.398 e. The lowest BCUT2D eigenvalue weighted by atomic mass is 9.99. The van der Waals surface area contributed by atoms with E-state index in [1.54, 1.807) is 6.92 Å². The van der Waals surface area contributed by atoms with Crippen molar-refractivity contribution >= 4 is 24.0 Å². The number of thiol groups is 1. The van der Waals surface area contributed by atoms with E-state index < -0.39 is 17.1 Å². The van der Waals surface area contributed by atoms with E-state index in [0.29, 0.717) is 5.56 Å². The van der Waals surface area contributed by atoms with Crippen LogP contribution in [-0.4, -0.2) is 27.0 Å². The van der Waals surface area contributed by atoms with Crippen LogP contribution in [-0.2, 0) is 0 Å². The van der Waals surface area contributed by atoms with Gasteiger partial charge in [-0.2, -0.15) is 12.6 Å². The molecule has 0 spiro atoms. The number of nitro benzene ring substituents is 1. The second-order valence-electron chi connectivity index (χ2n) is 3.72. The number of anilines is 1. The van der Waals surface area contributed by atoms with Crippen LogP contribution >= 0.6 is 12.6 Å². The van der Waals surface area contributed by atoms with Crippen LogP contribution in [0.3, 0.4) is 0 Å². The van der Waals surface area contributed by atoms with E-state index in [0.717, 1.165) is 0 Å². The third kappa shape index (κ3) is 2.87. The van der Waals surface area contributed by atoms with Crippen molar-refractivity contribution in [2.75, 3.05) is 11.5 Å². The van der Waals surface area contributed by atoms with E-state index >= 15 is 0 Å². The topological polar surface area (TPSA) is 110 Å². The fraction of sp³-hybridized carbons (Fsp3) is 0.400. The zero-order valence-corrected chi connectivity index (χ0v) is 10.1. The molecule has 0 saturated carbocycles. The zero-order chi connectivity index (χ0) is 13.2. The molecule has 0 aliphatic rings. The fourth-order valence-electron chi connectivity index (χ4n) is 1.46. The summed E-state index contributed by atoms with van der Waals surface area (Å²) in [5, 5.41) is 30.0. The predicted octanol–water partition coefficient (Wildman–Crippen LogP) is 0.810. The number of non-ortho nitro benzene ring substituents is 1. The van der Waals surface area contributed by atoms with Crippen LogP contribution < -0.4 is 5.73 Å². The van der Waals surface area contributed by atoms with Gasteiger partial charge in [0.15, 0.2) is 0 Å². The molecule has 6 nitrogen and oxygen atoms in total. The molecule has 17 heavy (non-hydrogen) atoms. The maximum Gasteiger partial charge on any atom is 0.270 e. The van der Waals surface area contributed by atoms with Gasteiger partial charge in [-0.05, 0) is 12.5 Å². The molecule has 0 aliphatic carbocycles. The van der Waals surface area contributed by atoms with Gasteiger partial charge in [-0.1, -0.05) is 0 Å². The van der Waals surface area contributed by atoms with E-state index in [4.69, 9.17) is 5.73 Å². The summed E-state index contributed by atoms with van der Waals surface area (Å²) in [4.78, 5) is 10.1. The number of nitrogens with zero attached hydrogens (tertiary/aromatic N) is 1. The lowest BCUT2D eigenvalue weighted by Crippen LogP contribution is -2.21. The van der Waals surface area contributed by atoms with Crippen molar-refractivity contribution < 1.29 is 15.1 Å². The number of nitrogens with two attached hydrogens (primary N) is 1. The predicted molar refractivity (Wildman–Crippen MR) is 67.1 cm³/mol. The van der Waals surface area contributed by atoms with Gasteiger partial charge in [0.1, 0.15) is 6.10 Å². The second-order valence-corrected chi connectivity index (χ2v) is 4.08. The number of aryl methyl sites for hydroxylation is 1. The SMILES string of the molecule is Cc1cc([N+](=O)[O-])cc(C(O)C(O)CS)c1N. The summed E-state index contributed by atoms with van der Waals surface area (Å²) < 4.78 is 0. The van der Waals surface area contributed by atoms with E-state index in [1.165, 1.54) is 12.1 Å². The number of rotatable bonds is 4. The Morgan fingerprint density at radius 1 is 1.53 bits per heavy atom. The third-order valence-corrected chi connectivity index (χ3v) is 2.86. The number of nitro groups is 1. The maximum absolute atomic E-state index is 10.7. The van der Waals surface area contributed by atoms with Gasteiger partial charge in [-0.25, -0.2) is 0 Å². The Bertz CT molecular complexity index is 439. The van der Waals surface area contributed by atoms with Gasteiger partial charge in [-0.15, -0.1) is 0 Å². The van der Waals surface area contributed by atoms with Crippen LogP contribution in [0.4, 0.5) is 11.4 Å². The molecular formula is C10H14N2O4S. The van der Waals surface area contributed by atoms with Crippen molar-refractivity contribution in [1.82, 2.24) is 0 Å². The zero-order valence-electron chi connectivity index (χ0n) is 9.20. The first-order valence-electron chi connectivity index (χ1n) is 4.90. The summed E-state index contributed by atoms with van der Waals surface area (Å²) >= 11 is 3.85. The maximum atomic E-state index is 10.7. The minimum absolute atomic E-state index is 0.0301. The number of hydrogen-bond donors (Lipinski definition) is 4. The second kappa shape index (κ2) is 5.35. The molecule has 0 aliphatic heterocycles. The number of hydrogen-bond acceptors (Lipinski definition) is 6. The van der Waals surface area contributed by atoms with Gasteiger partial charge < -0.3 is 15.9 Å². The van der Waals surface area contributed by atoms with E-state index in [9.17, 15) is 20.3 Å². The minimum atomic E-state index is -1.29. The highest BCUT2D eigenvalue weighted by molar-refractivity contribution is 7.80. The number of benzene rings is 1. The Morgan fingerprint density at radius 2 is 2.12 bits per heavy atom. The molecule has 94 valence electrons. The Hall–Kier alpha value is -1.31. The lowest BCUT2D eigenvalue weighted by molar-refractivity contribution is -0.385. The Morgan fingerprint density at radius 3 is 2.59 bits per heavy atom. The molecule has 1 aromatic carbocycles. The van der Waals surface area contributed by atoms with Crippen molar-refractivity contribution in [1.29, 1.82) is 0 Å². The molecule has 0 amide bonds. The molecule has 7 heteroatoms. The first kappa shape index (κ1) is 13.8. The highest BCUT2D eigenvalue weighted by Gasteiger charge is 2.23. The molecule has 4 N–H and O–H groups in total. The molecular weight excluding hydrogens is 244 g/mol. The van der Waals surface area contributed by atoms with Gasteiger partial charge in [0.05, 0.1) is 11.0 Å². The van der Waals surface area contributed by atoms with Crippen LogP contribution in [0.5, 0.6) is 0 Å². The van der Waals surface area contributed by atoms with Gasteiger partial charge in [0, 0.05) is 29.1 Å². The molecule has 0 aromatic heterocycles. The Balaban J connectivity index is 3.27. The molecule has 0 fully saturated rings. The molecule has 0 heterocycles. The quantitative estimate of drug-likeness (QED) is 0.276. The van der Waals surface area contributed by atoms with Gasteiger partial charge in [-0.3, -0.25) is 10.1 Å². The summed E-state index contributed by atoms with van der Waals surface area (Å²) in [5.74, 6) is 0.0301. The van der Waals surface area contributed by atoms with Crippen LogP contribution in [0.1, 0.15) is 17.2 Å². The fourth-order valence-corrected chi connectivity index (χ4v) is 1.66. The standard InChI is InChI=1S/C10H14N2O4S/c1-5-2-6(12(15)16)3-7(9(5)11)10(14)8(13)4-17/h2-3,8,10,13-14,17H,4,11H2,1H3. The number of aliphatic hydroxyl groups is 2. The highest BCUT2D eigenvalue weighted by Crippen LogP contribution is 2.30. The summed E-state index contributed by atoms with van der Waals surface area (Å²) in [5.41, 5.74) is 6.43. The highest BCUT2D eigenvalue weighted by atomic mass is 32.1. The van der Waals surface area contributed by atoms with Crippen LogP contribution in [0.25, 0.3) is 0 Å². The van der Waals surface area contributed by atoms with Crippen molar-refractivity contribution in [3.63, 3.8) is 0 Å². The van der Waals surface area contributed by atoms with E-state index in [-0.39, 0.29) is 22.7 Å². The monoisotopic (exact) mass is 258 g/mol. The summed E-state index contributed by atoms with van der Waals surface area (Å²) in [7, 11) is 0. The molecule has 1 rings (SSSR count). The van der Waals surface area contributed by atoms with Crippen LogP contribution in [0.15, 0.2) is 12.1 Å². The molecule has 0 bridgehead atoms. The first-order chi connectivity index (χ1) is 7.88. The molecule has 2 atom stereocenters. The van der Waals surface area contributed by atoms with Gasteiger partial charge in [0.2, 0.25) is 0 Å². The van der Waals surface area contributed by atoms with Crippen molar-refractivity contribution in [3.05, 3.63) is 33.4 Å². The average molecular weight is 258 g/mol. The first-order valence-corrected chi connectivity index (χ1v) is 5.53. The van der Waals surface area contributed by atoms with Crippen molar-refractivity contribution in [2.45, 2.75) is 19.1 Å². The summed E-state index contributed by atoms with van der Waals surface area (Å²) in [6.45, 7) is 1.60. The Labute approximate surface area is 104 Å². The lowest BCUT2D eigenvalue weighted by Gasteiger charge is -2.18. The largest absolute Gasteiger partial charge is 0.398 e. The van der Waals surface area contributed by atoms with Crippen LogP contribution in [0.2, 0.25) is 0 Å². The van der Waals surface area contributed by atoms with Gasteiger partial charge in [0.25, 0.3) is 5.69 Å². The van der Waals surface area contributed by atoms with Gasteiger partial charge >= 0.3 is 0 Å². The third-order valence-electron chi connectivity index (χ3n) is 2.48. The average Bonchev–Trinajstić information content (AvgIpc) is 2.30. The van der Waals surface area contributed by atoms with Crippen molar-refractivity contribution in [2.24, 2.45) is 0 Å². The molecule has 2 unspecified atom stereocenters. The number of nitrogen functional groups attached to an aromatic ring is 1. The summed E-state index contributed by atoms with van der Waals surface area (Å²) in [6.07, 6.45) is -2.41. The smallest absolute Gasteiger partial charge is 0.270 e.